The maximum Gasteiger partial charge on any atom is 0.253 e. The Morgan fingerprint density at radius 1 is 1.17 bits per heavy atom. The van der Waals surface area contributed by atoms with E-state index in [0.29, 0.717) is 0 Å². The highest BCUT2D eigenvalue weighted by Crippen LogP contribution is 2.59. The molecule has 1 aromatic carbocycles. The minimum Gasteiger partial charge on any atom is -0.337 e. The molecule has 0 saturated heterocycles. The summed E-state index contributed by atoms with van der Waals surface area (Å²) in [6.45, 7) is 0. The molecule has 0 aliphatic heterocycles. The van der Waals surface area contributed by atoms with E-state index in [-0.39, 0.29) is 0 Å². The third-order valence-corrected chi connectivity index (χ3v) is 7.15. The van der Waals surface area contributed by atoms with Gasteiger partial charge in [-0.3, -0.25) is 0 Å². The van der Waals surface area contributed by atoms with Gasteiger partial charge >= 0.3 is 0 Å². The topological polar surface area (TPSA) is 40.5 Å². The first-order valence-electron chi connectivity index (χ1n) is 3.05. The molecule has 0 amide bonds. The van der Waals surface area contributed by atoms with Crippen LogP contribution in [0.25, 0.3) is 0 Å². The number of benzene rings is 1. The molecule has 0 spiro atoms. The Bertz CT molecular complexity index is 284. The third kappa shape index (κ3) is 4.50. The van der Waals surface area contributed by atoms with Crippen molar-refractivity contribution in [1.29, 1.82) is 0 Å². The quantitative estimate of drug-likeness (QED) is 0.626. The minimum absolute atomic E-state index is 0.940. The predicted molar refractivity (Wildman–Crippen MR) is 58.6 cm³/mol. The van der Waals surface area contributed by atoms with Gasteiger partial charge in [-0.2, -0.15) is 0 Å². The highest BCUT2D eigenvalue weighted by Gasteiger charge is 2.08. The normalized spacial score (nSPS) is 11.5. The summed E-state index contributed by atoms with van der Waals surface area (Å²) in [5.74, 6) is 0. The molecule has 0 heterocycles. The van der Waals surface area contributed by atoms with Gasteiger partial charge in [0, 0.05) is 15.3 Å². The standard InChI is InChI=1S/C6H7O2PS3/c7-9(8,10)12-11-6-4-2-1-3-5-6/h1-5H,(H2,7,8,10). The van der Waals surface area contributed by atoms with Crippen LogP contribution >= 0.6 is 26.9 Å². The summed E-state index contributed by atoms with van der Waals surface area (Å²) >= 11 is 4.45. The van der Waals surface area contributed by atoms with E-state index in [4.69, 9.17) is 9.79 Å². The van der Waals surface area contributed by atoms with E-state index in [1.54, 1.807) is 0 Å². The predicted octanol–water partition coefficient (Wildman–Crippen LogP) is 2.64. The molecular weight excluding hydrogens is 231 g/mol. The first-order valence-corrected chi connectivity index (χ1v) is 8.51. The average Bonchev–Trinajstić information content (AvgIpc) is 2.02. The van der Waals surface area contributed by atoms with E-state index in [9.17, 15) is 0 Å². The number of hydrogen-bond donors (Lipinski definition) is 2. The molecule has 0 aliphatic rings. The van der Waals surface area contributed by atoms with Crippen molar-refractivity contribution in [3.63, 3.8) is 0 Å². The lowest BCUT2D eigenvalue weighted by Crippen LogP contribution is -1.66. The molecule has 1 aromatic rings. The Kier molecular flexibility index (Phi) is 4.10. The molecule has 0 unspecified atom stereocenters. The van der Waals surface area contributed by atoms with E-state index in [1.807, 2.05) is 30.3 Å². The van der Waals surface area contributed by atoms with Gasteiger partial charge in [-0.05, 0) is 34.7 Å². The zero-order valence-corrected chi connectivity index (χ0v) is 9.30. The molecule has 12 heavy (non-hydrogen) atoms. The summed E-state index contributed by atoms with van der Waals surface area (Å²) in [5.41, 5.74) is -3.12. The summed E-state index contributed by atoms with van der Waals surface area (Å²) in [7, 11) is 2.23. The molecule has 0 saturated carbocycles. The fraction of sp³-hybridized carbons (Fsp3) is 0. The fourth-order valence-electron chi connectivity index (χ4n) is 0.568. The van der Waals surface area contributed by atoms with Gasteiger partial charge in [0.1, 0.15) is 0 Å². The Hall–Kier alpha value is 0.490. The first-order chi connectivity index (χ1) is 5.58. The van der Waals surface area contributed by atoms with Crippen LogP contribution in [0.4, 0.5) is 0 Å². The van der Waals surface area contributed by atoms with Crippen LogP contribution in [0.15, 0.2) is 35.2 Å². The van der Waals surface area contributed by atoms with Gasteiger partial charge in [0.25, 0.3) is 5.69 Å². The maximum absolute atomic E-state index is 8.90. The molecule has 66 valence electrons. The summed E-state index contributed by atoms with van der Waals surface area (Å²) in [5, 5.41) is 0. The second-order valence-electron chi connectivity index (χ2n) is 1.96. The van der Waals surface area contributed by atoms with Crippen molar-refractivity contribution in [3.05, 3.63) is 30.3 Å². The molecule has 2 N–H and O–H groups in total. The molecule has 2 nitrogen and oxygen atoms in total. The van der Waals surface area contributed by atoms with Crippen molar-refractivity contribution < 1.29 is 9.79 Å². The van der Waals surface area contributed by atoms with Gasteiger partial charge in [0.05, 0.1) is 0 Å². The van der Waals surface area contributed by atoms with Gasteiger partial charge in [-0.25, -0.2) is 0 Å². The summed E-state index contributed by atoms with van der Waals surface area (Å²) in [6, 6.07) is 9.47. The summed E-state index contributed by atoms with van der Waals surface area (Å²) < 4.78 is 0. The lowest BCUT2D eigenvalue weighted by atomic mass is 10.4. The Labute approximate surface area is 83.7 Å². The fourth-order valence-corrected chi connectivity index (χ4v) is 4.37. The zero-order valence-electron chi connectivity index (χ0n) is 5.95. The van der Waals surface area contributed by atoms with E-state index in [0.717, 1.165) is 15.3 Å². The van der Waals surface area contributed by atoms with Crippen LogP contribution in [-0.4, -0.2) is 9.79 Å². The lowest BCUT2D eigenvalue weighted by Gasteiger charge is -2.04. The van der Waals surface area contributed by atoms with Crippen molar-refractivity contribution in [2.24, 2.45) is 0 Å². The van der Waals surface area contributed by atoms with Gasteiger partial charge in [-0.1, -0.05) is 18.2 Å². The van der Waals surface area contributed by atoms with Crippen LogP contribution in [0.1, 0.15) is 0 Å². The van der Waals surface area contributed by atoms with Crippen molar-refractivity contribution in [2.45, 2.75) is 4.90 Å². The molecule has 0 aliphatic carbocycles. The lowest BCUT2D eigenvalue weighted by molar-refractivity contribution is 0.502. The monoisotopic (exact) mass is 238 g/mol. The van der Waals surface area contributed by atoms with Gasteiger partial charge < -0.3 is 9.79 Å². The van der Waals surface area contributed by atoms with E-state index in [2.05, 4.69) is 11.8 Å². The molecule has 0 aromatic heterocycles. The molecule has 1 rings (SSSR count). The SMILES string of the molecule is OP(O)(=S)SSc1ccccc1. The van der Waals surface area contributed by atoms with Crippen molar-refractivity contribution in [1.82, 2.24) is 0 Å². The maximum atomic E-state index is 8.90. The van der Waals surface area contributed by atoms with Gasteiger partial charge in [0.15, 0.2) is 0 Å². The van der Waals surface area contributed by atoms with Crippen molar-refractivity contribution in [3.8, 4) is 0 Å². The van der Waals surface area contributed by atoms with Crippen LogP contribution in [0.3, 0.4) is 0 Å². The largest absolute Gasteiger partial charge is 0.337 e. The Morgan fingerprint density at radius 3 is 2.25 bits per heavy atom. The molecule has 0 bridgehead atoms. The average molecular weight is 238 g/mol. The smallest absolute Gasteiger partial charge is 0.253 e. The molecule has 0 atom stereocenters. The summed E-state index contributed by atoms with van der Waals surface area (Å²) in [4.78, 5) is 18.8. The van der Waals surface area contributed by atoms with Gasteiger partial charge in [0.2, 0.25) is 0 Å². The third-order valence-electron chi connectivity index (χ3n) is 0.974. The number of hydrogen-bond acceptors (Lipinski definition) is 3. The number of rotatable bonds is 3. The van der Waals surface area contributed by atoms with Gasteiger partial charge in [-0.15, -0.1) is 0 Å². The van der Waals surface area contributed by atoms with Crippen molar-refractivity contribution in [2.75, 3.05) is 0 Å². The minimum atomic E-state index is -3.12. The molecule has 6 heteroatoms. The van der Waals surface area contributed by atoms with Crippen LogP contribution in [0, 0.1) is 0 Å². The van der Waals surface area contributed by atoms with Crippen LogP contribution in [-0.2, 0) is 11.8 Å². The van der Waals surface area contributed by atoms with Crippen LogP contribution in [0.2, 0.25) is 0 Å². The van der Waals surface area contributed by atoms with E-state index >= 15 is 0 Å². The highest BCUT2D eigenvalue weighted by molar-refractivity contribution is 9.02. The Balaban J connectivity index is 2.50. The second kappa shape index (κ2) is 4.65. The highest BCUT2D eigenvalue weighted by atomic mass is 33.4. The molecule has 0 fully saturated rings. The molecule has 0 radical (unpaired) electrons. The van der Waals surface area contributed by atoms with Crippen LogP contribution < -0.4 is 0 Å². The van der Waals surface area contributed by atoms with Crippen LogP contribution in [0.5, 0.6) is 0 Å². The Morgan fingerprint density at radius 2 is 1.75 bits per heavy atom. The first kappa shape index (κ1) is 10.6. The van der Waals surface area contributed by atoms with E-state index in [1.165, 1.54) is 10.8 Å². The summed E-state index contributed by atoms with van der Waals surface area (Å²) in [6.07, 6.45) is 0. The molecular formula is C6H7O2PS3. The van der Waals surface area contributed by atoms with E-state index < -0.39 is 5.69 Å². The second-order valence-corrected chi connectivity index (χ2v) is 9.77. The zero-order chi connectivity index (χ0) is 9.03. The van der Waals surface area contributed by atoms with Crippen molar-refractivity contribution >= 4 is 38.7 Å².